The van der Waals surface area contributed by atoms with Crippen LogP contribution in [0.1, 0.15) is 55.1 Å². The van der Waals surface area contributed by atoms with Gasteiger partial charge in [-0.2, -0.15) is 5.26 Å². The van der Waals surface area contributed by atoms with Gasteiger partial charge in [0.25, 0.3) is 5.91 Å². The van der Waals surface area contributed by atoms with E-state index in [1.54, 1.807) is 12.1 Å². The smallest absolute Gasteiger partial charge is 0.252 e. The van der Waals surface area contributed by atoms with E-state index in [1.165, 1.54) is 0 Å². The Hall–Kier alpha value is -1.86. The number of hydrogen-bond donors (Lipinski definition) is 1. The molecule has 4 heteroatoms. The molecule has 2 rings (SSSR count). The van der Waals surface area contributed by atoms with Gasteiger partial charge in [-0.15, -0.1) is 0 Å². The first kappa shape index (κ1) is 16.5. The van der Waals surface area contributed by atoms with Crippen LogP contribution in [-0.4, -0.2) is 35.5 Å². The number of nitrogens with zero attached hydrogens (tertiary/aromatic N) is 2. The van der Waals surface area contributed by atoms with Crippen molar-refractivity contribution in [2.45, 2.75) is 52.1 Å². The summed E-state index contributed by atoms with van der Waals surface area (Å²) in [4.78, 5) is 15.0. The standard InChI is InChI=1S/C18H25N3O/c1-13(2)21-9-7-18(4,8-10-21)20-17(22)16-11-15(12-19)6-5-14(16)3/h5-6,11,13H,7-10H2,1-4H3,(H,20,22). The minimum absolute atomic E-state index is 0.0740. The van der Waals surface area contributed by atoms with Crippen molar-refractivity contribution < 1.29 is 4.79 Å². The van der Waals surface area contributed by atoms with Crippen LogP contribution >= 0.6 is 0 Å². The Morgan fingerprint density at radius 1 is 1.36 bits per heavy atom. The molecule has 4 nitrogen and oxygen atoms in total. The van der Waals surface area contributed by atoms with Crippen molar-refractivity contribution in [3.8, 4) is 6.07 Å². The summed E-state index contributed by atoms with van der Waals surface area (Å²) in [6.45, 7) is 10.4. The molecule has 1 aromatic carbocycles. The summed E-state index contributed by atoms with van der Waals surface area (Å²) in [6, 6.07) is 7.90. The quantitative estimate of drug-likeness (QED) is 0.933. The van der Waals surface area contributed by atoms with E-state index < -0.39 is 0 Å². The summed E-state index contributed by atoms with van der Waals surface area (Å²) >= 11 is 0. The molecule has 0 aromatic heterocycles. The van der Waals surface area contributed by atoms with Crippen LogP contribution in [0.4, 0.5) is 0 Å². The Balaban J connectivity index is 2.08. The molecule has 1 fully saturated rings. The van der Waals surface area contributed by atoms with Crippen LogP contribution in [0.3, 0.4) is 0 Å². The highest BCUT2D eigenvalue weighted by molar-refractivity contribution is 5.96. The van der Waals surface area contributed by atoms with Gasteiger partial charge in [0.15, 0.2) is 0 Å². The minimum atomic E-state index is -0.169. The number of nitrogens with one attached hydrogen (secondary N) is 1. The van der Waals surface area contributed by atoms with Gasteiger partial charge in [0.2, 0.25) is 0 Å². The average molecular weight is 299 g/mol. The third-order valence-electron chi connectivity index (χ3n) is 4.66. The number of hydrogen-bond acceptors (Lipinski definition) is 3. The highest BCUT2D eigenvalue weighted by Crippen LogP contribution is 2.24. The number of aryl methyl sites for hydroxylation is 1. The maximum atomic E-state index is 12.6. The lowest BCUT2D eigenvalue weighted by Crippen LogP contribution is -2.54. The molecule has 0 spiro atoms. The molecule has 0 unspecified atom stereocenters. The normalized spacial score (nSPS) is 18.0. The molecule has 1 aromatic rings. The highest BCUT2D eigenvalue weighted by atomic mass is 16.1. The first-order valence-electron chi connectivity index (χ1n) is 7.92. The third kappa shape index (κ3) is 3.66. The Morgan fingerprint density at radius 2 is 2.00 bits per heavy atom. The van der Waals surface area contributed by atoms with Crippen molar-refractivity contribution in [2.75, 3.05) is 13.1 Å². The fourth-order valence-corrected chi connectivity index (χ4v) is 2.94. The number of rotatable bonds is 3. The molecule has 1 aliphatic heterocycles. The molecule has 0 bridgehead atoms. The number of carbonyl (C=O) groups is 1. The van der Waals surface area contributed by atoms with Crippen LogP contribution in [0, 0.1) is 18.3 Å². The van der Waals surface area contributed by atoms with Gasteiger partial charge in [0.05, 0.1) is 11.6 Å². The molecule has 22 heavy (non-hydrogen) atoms. The first-order chi connectivity index (χ1) is 10.3. The highest BCUT2D eigenvalue weighted by Gasteiger charge is 2.32. The summed E-state index contributed by atoms with van der Waals surface area (Å²) in [6.07, 6.45) is 1.90. The molecular weight excluding hydrogens is 274 g/mol. The lowest BCUT2D eigenvalue weighted by Gasteiger charge is -2.41. The van der Waals surface area contributed by atoms with Crippen LogP contribution in [0.25, 0.3) is 0 Å². The van der Waals surface area contributed by atoms with Gasteiger partial charge in [-0.25, -0.2) is 0 Å². The van der Waals surface area contributed by atoms with Crippen LogP contribution in [0.2, 0.25) is 0 Å². The fourth-order valence-electron chi connectivity index (χ4n) is 2.94. The van der Waals surface area contributed by atoms with Gasteiger partial charge >= 0.3 is 0 Å². The van der Waals surface area contributed by atoms with Crippen molar-refractivity contribution in [2.24, 2.45) is 0 Å². The second-order valence-electron chi connectivity index (χ2n) is 6.79. The lowest BCUT2D eigenvalue weighted by molar-refractivity contribution is 0.0801. The van der Waals surface area contributed by atoms with Crippen LogP contribution in [0.5, 0.6) is 0 Å². The number of carbonyl (C=O) groups excluding carboxylic acids is 1. The summed E-state index contributed by atoms with van der Waals surface area (Å²) < 4.78 is 0. The van der Waals surface area contributed by atoms with Crippen molar-refractivity contribution >= 4 is 5.91 Å². The molecule has 1 heterocycles. The van der Waals surface area contributed by atoms with E-state index in [4.69, 9.17) is 5.26 Å². The Kier molecular flexibility index (Phi) is 4.87. The number of benzene rings is 1. The van der Waals surface area contributed by atoms with Crippen LogP contribution in [0.15, 0.2) is 18.2 Å². The van der Waals surface area contributed by atoms with Crippen molar-refractivity contribution in [1.82, 2.24) is 10.2 Å². The number of amides is 1. The summed E-state index contributed by atoms with van der Waals surface area (Å²) in [5, 5.41) is 12.2. The molecule has 0 aliphatic carbocycles. The Bertz CT molecular complexity index is 593. The molecule has 1 aliphatic rings. The topological polar surface area (TPSA) is 56.1 Å². The summed E-state index contributed by atoms with van der Waals surface area (Å²) in [5.41, 5.74) is 1.86. The Labute approximate surface area is 133 Å². The van der Waals surface area contributed by atoms with Crippen molar-refractivity contribution in [3.05, 3.63) is 34.9 Å². The van der Waals surface area contributed by atoms with Crippen molar-refractivity contribution in [1.29, 1.82) is 5.26 Å². The monoisotopic (exact) mass is 299 g/mol. The van der Waals surface area contributed by atoms with E-state index in [2.05, 4.69) is 37.1 Å². The number of piperidine rings is 1. The molecule has 0 radical (unpaired) electrons. The van der Waals surface area contributed by atoms with E-state index in [9.17, 15) is 4.79 Å². The molecule has 1 amide bonds. The molecule has 1 N–H and O–H groups in total. The number of likely N-dealkylation sites (tertiary alicyclic amines) is 1. The Morgan fingerprint density at radius 3 is 2.55 bits per heavy atom. The largest absolute Gasteiger partial charge is 0.347 e. The van der Waals surface area contributed by atoms with Gasteiger partial charge in [0.1, 0.15) is 0 Å². The number of nitriles is 1. The van der Waals surface area contributed by atoms with E-state index >= 15 is 0 Å². The van der Waals surface area contributed by atoms with Gasteiger partial charge in [-0.1, -0.05) is 6.07 Å². The first-order valence-corrected chi connectivity index (χ1v) is 7.92. The maximum Gasteiger partial charge on any atom is 0.252 e. The molecule has 0 saturated carbocycles. The van der Waals surface area contributed by atoms with Gasteiger partial charge < -0.3 is 10.2 Å². The van der Waals surface area contributed by atoms with E-state index in [1.807, 2.05) is 13.0 Å². The average Bonchev–Trinajstić information content (AvgIpc) is 2.47. The molecule has 1 saturated heterocycles. The van der Waals surface area contributed by atoms with Crippen molar-refractivity contribution in [3.63, 3.8) is 0 Å². The van der Waals surface area contributed by atoms with Crippen LogP contribution < -0.4 is 5.32 Å². The third-order valence-corrected chi connectivity index (χ3v) is 4.66. The van der Waals surface area contributed by atoms with E-state index in [0.29, 0.717) is 17.2 Å². The van der Waals surface area contributed by atoms with E-state index in [0.717, 1.165) is 31.5 Å². The van der Waals surface area contributed by atoms with Gasteiger partial charge in [-0.3, -0.25) is 4.79 Å². The zero-order valence-corrected chi connectivity index (χ0v) is 13.9. The summed E-state index contributed by atoms with van der Waals surface area (Å²) in [7, 11) is 0. The molecular formula is C18H25N3O. The predicted octanol–water partition coefficient (Wildman–Crippen LogP) is 2.86. The van der Waals surface area contributed by atoms with Gasteiger partial charge in [0, 0.05) is 30.2 Å². The lowest BCUT2D eigenvalue weighted by atomic mass is 9.88. The maximum absolute atomic E-state index is 12.6. The SMILES string of the molecule is Cc1ccc(C#N)cc1C(=O)NC1(C)CCN(C(C)C)CC1. The minimum Gasteiger partial charge on any atom is -0.347 e. The molecule has 118 valence electrons. The fraction of sp³-hybridized carbons (Fsp3) is 0.556. The zero-order chi connectivity index (χ0) is 16.3. The second kappa shape index (κ2) is 6.50. The summed E-state index contributed by atoms with van der Waals surface area (Å²) in [5.74, 6) is -0.0740. The van der Waals surface area contributed by atoms with Crippen LogP contribution in [-0.2, 0) is 0 Å². The van der Waals surface area contributed by atoms with Gasteiger partial charge in [-0.05, 0) is 58.2 Å². The second-order valence-corrected chi connectivity index (χ2v) is 6.79. The molecule has 0 atom stereocenters. The zero-order valence-electron chi connectivity index (χ0n) is 13.9. The van der Waals surface area contributed by atoms with E-state index in [-0.39, 0.29) is 11.4 Å². The predicted molar refractivity (Wildman–Crippen MR) is 87.7 cm³/mol.